The largest absolute Gasteiger partial charge is 0.368 e. The van der Waals surface area contributed by atoms with Gasteiger partial charge in [0.25, 0.3) is 0 Å². The maximum atomic E-state index is 12.7. The van der Waals surface area contributed by atoms with Crippen molar-refractivity contribution >= 4 is 29.4 Å². The van der Waals surface area contributed by atoms with Crippen LogP contribution in [0.25, 0.3) is 0 Å². The Balaban J connectivity index is 1.74. The number of nitrogens with two attached hydrogens (primary N) is 2. The second kappa shape index (κ2) is 7.57. The highest BCUT2D eigenvalue weighted by atomic mass is 32.2. The Morgan fingerprint density at radius 1 is 1.08 bits per heavy atom. The number of anilines is 2. The molecule has 3 aromatic rings. The van der Waals surface area contributed by atoms with E-state index in [9.17, 15) is 4.79 Å². The zero-order valence-corrected chi connectivity index (χ0v) is 15.5. The van der Waals surface area contributed by atoms with Gasteiger partial charge in [-0.25, -0.2) is 0 Å². The lowest BCUT2D eigenvalue weighted by atomic mass is 10.2. The second-order valence-corrected chi connectivity index (χ2v) is 6.85. The highest BCUT2D eigenvalue weighted by molar-refractivity contribution is 7.99. The van der Waals surface area contributed by atoms with Gasteiger partial charge < -0.3 is 16.0 Å². The quantitative estimate of drug-likeness (QED) is 0.507. The lowest BCUT2D eigenvalue weighted by Crippen LogP contribution is -2.09. The number of aromatic nitrogens is 4. The molecule has 1 aromatic carbocycles. The topological polar surface area (TPSA) is 113 Å². The van der Waals surface area contributed by atoms with Gasteiger partial charge in [0.15, 0.2) is 10.9 Å². The molecule has 0 saturated carbocycles. The number of hydrogen-bond acceptors (Lipinski definition) is 7. The predicted octanol–water partition coefficient (Wildman–Crippen LogP) is 2.48. The summed E-state index contributed by atoms with van der Waals surface area (Å²) in [6.07, 6.45) is 0. The number of hydrogen-bond donors (Lipinski definition) is 2. The maximum Gasteiger partial charge on any atom is 0.225 e. The van der Waals surface area contributed by atoms with Crippen LogP contribution in [-0.2, 0) is 6.54 Å². The number of nitrogens with zero attached hydrogens (tertiary/aromatic N) is 4. The van der Waals surface area contributed by atoms with Gasteiger partial charge in [0.1, 0.15) is 0 Å². The van der Waals surface area contributed by atoms with Crippen molar-refractivity contribution in [1.29, 1.82) is 0 Å². The van der Waals surface area contributed by atoms with E-state index in [1.807, 2.05) is 38.1 Å². The van der Waals surface area contributed by atoms with Crippen molar-refractivity contribution in [2.45, 2.75) is 25.5 Å². The molecule has 0 aliphatic heterocycles. The van der Waals surface area contributed by atoms with E-state index in [0.717, 1.165) is 17.9 Å². The Hall–Kier alpha value is -2.87. The smallest absolute Gasteiger partial charge is 0.225 e. The first kappa shape index (κ1) is 17.9. The van der Waals surface area contributed by atoms with Crippen LogP contribution in [0.5, 0.6) is 0 Å². The van der Waals surface area contributed by atoms with E-state index in [-0.39, 0.29) is 23.4 Å². The molecule has 0 spiro atoms. The number of Topliss-reactive ketones (excluding diaryl/α,β-unsaturated/α-hetero) is 1. The summed E-state index contributed by atoms with van der Waals surface area (Å²) in [5.74, 6) is 0.320. The van der Waals surface area contributed by atoms with Gasteiger partial charge in [0.05, 0.1) is 5.75 Å². The fourth-order valence-corrected chi connectivity index (χ4v) is 3.49. The third kappa shape index (κ3) is 4.02. The standard InChI is InChI=1S/C18H20N6OS/c1-11-8-14(12(2)24(11)9-13-6-4-3-5-7-13)15(25)10-26-18-22-16(19)21-17(20)23-18/h3-8H,9-10H2,1-2H3,(H4,19,20,21,22,23). The SMILES string of the molecule is Cc1cc(C(=O)CSc2nc(N)nc(N)n2)c(C)n1Cc1ccccc1. The summed E-state index contributed by atoms with van der Waals surface area (Å²) in [6, 6.07) is 12.1. The molecule has 0 amide bonds. The summed E-state index contributed by atoms with van der Waals surface area (Å²) in [5.41, 5.74) is 15.0. The number of carbonyl (C=O) groups excluding carboxylic acids is 1. The first-order chi connectivity index (χ1) is 12.4. The molecule has 3 rings (SSSR count). The second-order valence-electron chi connectivity index (χ2n) is 5.90. The molecule has 0 saturated heterocycles. The Kier molecular flexibility index (Phi) is 5.22. The molecule has 134 valence electrons. The third-order valence-corrected chi connectivity index (χ3v) is 4.89. The highest BCUT2D eigenvalue weighted by Gasteiger charge is 2.17. The van der Waals surface area contributed by atoms with Crippen LogP contribution in [-0.4, -0.2) is 31.1 Å². The zero-order valence-electron chi connectivity index (χ0n) is 14.6. The minimum absolute atomic E-state index is 0.0139. The number of carbonyl (C=O) groups is 1. The molecule has 4 N–H and O–H groups in total. The number of benzene rings is 1. The van der Waals surface area contributed by atoms with E-state index in [0.29, 0.717) is 10.7 Å². The Bertz CT molecular complexity index is 918. The summed E-state index contributed by atoms with van der Waals surface area (Å²) in [4.78, 5) is 24.3. The van der Waals surface area contributed by atoms with Crippen LogP contribution in [0.3, 0.4) is 0 Å². The van der Waals surface area contributed by atoms with Gasteiger partial charge in [0.2, 0.25) is 11.9 Å². The maximum absolute atomic E-state index is 12.7. The molecule has 26 heavy (non-hydrogen) atoms. The Morgan fingerprint density at radius 2 is 1.73 bits per heavy atom. The van der Waals surface area contributed by atoms with Crippen LogP contribution in [0.4, 0.5) is 11.9 Å². The number of aryl methyl sites for hydroxylation is 1. The van der Waals surface area contributed by atoms with E-state index in [2.05, 4.69) is 31.7 Å². The lowest BCUT2D eigenvalue weighted by molar-refractivity contribution is 0.102. The summed E-state index contributed by atoms with van der Waals surface area (Å²) in [5, 5.41) is 0.349. The lowest BCUT2D eigenvalue weighted by Gasteiger charge is -2.10. The highest BCUT2D eigenvalue weighted by Crippen LogP contribution is 2.21. The van der Waals surface area contributed by atoms with Crippen LogP contribution in [0.2, 0.25) is 0 Å². The van der Waals surface area contributed by atoms with Crippen LogP contribution in [0.15, 0.2) is 41.6 Å². The van der Waals surface area contributed by atoms with Crippen LogP contribution < -0.4 is 11.5 Å². The summed E-state index contributed by atoms with van der Waals surface area (Å²) in [7, 11) is 0. The number of ketones is 1. The number of rotatable bonds is 6. The van der Waals surface area contributed by atoms with Crippen molar-refractivity contribution in [3.05, 3.63) is 58.9 Å². The summed E-state index contributed by atoms with van der Waals surface area (Å²) >= 11 is 1.20. The molecule has 0 fully saturated rings. The molecule has 2 heterocycles. The average molecular weight is 368 g/mol. The van der Waals surface area contributed by atoms with Crippen LogP contribution in [0.1, 0.15) is 27.3 Å². The minimum Gasteiger partial charge on any atom is -0.368 e. The molecule has 8 heteroatoms. The van der Waals surface area contributed by atoms with E-state index in [4.69, 9.17) is 11.5 Å². The molecule has 2 aromatic heterocycles. The van der Waals surface area contributed by atoms with Crippen molar-refractivity contribution < 1.29 is 4.79 Å². The van der Waals surface area contributed by atoms with Gasteiger partial charge in [-0.3, -0.25) is 4.79 Å². The average Bonchev–Trinajstić information content (AvgIpc) is 2.88. The van der Waals surface area contributed by atoms with E-state index >= 15 is 0 Å². The summed E-state index contributed by atoms with van der Waals surface area (Å²) in [6.45, 7) is 4.71. The fourth-order valence-electron chi connectivity index (χ4n) is 2.75. The van der Waals surface area contributed by atoms with Crippen LogP contribution >= 0.6 is 11.8 Å². The molecule has 0 unspecified atom stereocenters. The molecule has 0 aliphatic carbocycles. The first-order valence-corrected chi connectivity index (χ1v) is 9.06. The van der Waals surface area contributed by atoms with Gasteiger partial charge in [-0.1, -0.05) is 42.1 Å². The van der Waals surface area contributed by atoms with E-state index in [1.54, 1.807) is 0 Å². The van der Waals surface area contributed by atoms with Crippen molar-refractivity contribution in [2.75, 3.05) is 17.2 Å². The van der Waals surface area contributed by atoms with Gasteiger partial charge in [-0.2, -0.15) is 15.0 Å². The minimum atomic E-state index is 0.0139. The van der Waals surface area contributed by atoms with Gasteiger partial charge >= 0.3 is 0 Å². The molecular formula is C18H20N6OS. The zero-order chi connectivity index (χ0) is 18.7. The summed E-state index contributed by atoms with van der Waals surface area (Å²) < 4.78 is 2.14. The molecule has 0 aliphatic rings. The van der Waals surface area contributed by atoms with E-state index < -0.39 is 0 Å². The number of thioether (sulfide) groups is 1. The van der Waals surface area contributed by atoms with E-state index in [1.165, 1.54) is 17.3 Å². The third-order valence-electron chi connectivity index (χ3n) is 4.04. The van der Waals surface area contributed by atoms with Crippen molar-refractivity contribution in [3.8, 4) is 0 Å². The van der Waals surface area contributed by atoms with Crippen molar-refractivity contribution in [1.82, 2.24) is 19.5 Å². The molecule has 0 radical (unpaired) electrons. The van der Waals surface area contributed by atoms with Crippen molar-refractivity contribution in [2.24, 2.45) is 0 Å². The fraction of sp³-hybridized carbons (Fsp3) is 0.222. The monoisotopic (exact) mass is 368 g/mol. The molecular weight excluding hydrogens is 348 g/mol. The van der Waals surface area contributed by atoms with Gasteiger partial charge in [0, 0.05) is 23.5 Å². The Labute approximate surface area is 155 Å². The van der Waals surface area contributed by atoms with Crippen LogP contribution in [0, 0.1) is 13.8 Å². The molecule has 0 atom stereocenters. The van der Waals surface area contributed by atoms with Crippen molar-refractivity contribution in [3.63, 3.8) is 0 Å². The van der Waals surface area contributed by atoms with Gasteiger partial charge in [-0.05, 0) is 25.5 Å². The van der Waals surface area contributed by atoms with Gasteiger partial charge in [-0.15, -0.1) is 0 Å². The molecule has 7 nitrogen and oxygen atoms in total. The normalized spacial score (nSPS) is 10.8. The molecule has 0 bridgehead atoms. The Morgan fingerprint density at radius 3 is 2.38 bits per heavy atom. The predicted molar refractivity (Wildman–Crippen MR) is 103 cm³/mol. The first-order valence-electron chi connectivity index (χ1n) is 8.07. The number of nitrogen functional groups attached to an aromatic ring is 2.